The van der Waals surface area contributed by atoms with Crippen LogP contribution in [0.4, 0.5) is 0 Å². The van der Waals surface area contributed by atoms with E-state index in [-0.39, 0.29) is 18.0 Å². The van der Waals surface area contributed by atoms with Gasteiger partial charge >= 0.3 is 5.97 Å². The molecule has 3 nitrogen and oxygen atoms in total. The Morgan fingerprint density at radius 3 is 2.47 bits per heavy atom. The van der Waals surface area contributed by atoms with E-state index in [4.69, 9.17) is 4.74 Å². The van der Waals surface area contributed by atoms with E-state index in [1.165, 1.54) is 25.7 Å². The van der Waals surface area contributed by atoms with Crippen LogP contribution in [0, 0.1) is 5.92 Å². The van der Waals surface area contributed by atoms with Crippen LogP contribution in [0.25, 0.3) is 0 Å². The quantitative estimate of drug-likeness (QED) is 0.372. The highest BCUT2D eigenvalue weighted by Crippen LogP contribution is 2.14. The summed E-state index contributed by atoms with van der Waals surface area (Å²) in [6.45, 7) is 7.95. The van der Waals surface area contributed by atoms with Crippen LogP contribution >= 0.6 is 0 Å². The van der Waals surface area contributed by atoms with E-state index >= 15 is 0 Å². The molecule has 0 spiro atoms. The third kappa shape index (κ3) is 8.82. The van der Waals surface area contributed by atoms with Crippen LogP contribution in [0.2, 0.25) is 0 Å². The van der Waals surface area contributed by atoms with E-state index in [1.807, 2.05) is 13.8 Å². The van der Waals surface area contributed by atoms with Gasteiger partial charge in [-0.25, -0.2) is 4.79 Å². The first-order chi connectivity index (χ1) is 9.02. The number of aliphatic hydroxyl groups excluding tert-OH is 1. The number of hydrogen-bond acceptors (Lipinski definition) is 3. The minimum Gasteiger partial charge on any atom is -0.462 e. The number of aliphatic hydroxyl groups is 1. The molecule has 0 amide bonds. The number of allylic oxidation sites excluding steroid dienone is 1. The zero-order valence-electron chi connectivity index (χ0n) is 12.9. The first-order valence-corrected chi connectivity index (χ1v) is 7.51. The summed E-state index contributed by atoms with van der Waals surface area (Å²) in [6.07, 6.45) is 8.13. The zero-order chi connectivity index (χ0) is 14.7. The SMILES string of the molecule is CC=C(C)C(=O)OCC(C)C(O)CCCCCCC. The number of esters is 1. The molecule has 0 aliphatic carbocycles. The van der Waals surface area contributed by atoms with Gasteiger partial charge in [0.25, 0.3) is 0 Å². The summed E-state index contributed by atoms with van der Waals surface area (Å²) in [4.78, 5) is 11.5. The molecule has 0 radical (unpaired) electrons. The van der Waals surface area contributed by atoms with Gasteiger partial charge in [0.05, 0.1) is 12.7 Å². The second-order valence-electron chi connectivity index (χ2n) is 5.32. The summed E-state index contributed by atoms with van der Waals surface area (Å²) < 4.78 is 5.16. The second-order valence-corrected chi connectivity index (χ2v) is 5.32. The van der Waals surface area contributed by atoms with Crippen molar-refractivity contribution in [2.24, 2.45) is 5.92 Å². The number of hydrogen-bond donors (Lipinski definition) is 1. The van der Waals surface area contributed by atoms with Gasteiger partial charge in [0, 0.05) is 11.5 Å². The lowest BCUT2D eigenvalue weighted by molar-refractivity contribution is -0.141. The van der Waals surface area contributed by atoms with Crippen LogP contribution in [0.15, 0.2) is 11.6 Å². The molecule has 2 atom stereocenters. The van der Waals surface area contributed by atoms with Crippen molar-refractivity contribution < 1.29 is 14.6 Å². The fraction of sp³-hybridized carbons (Fsp3) is 0.812. The summed E-state index contributed by atoms with van der Waals surface area (Å²) in [7, 11) is 0. The molecule has 0 heterocycles. The molecule has 3 heteroatoms. The Kier molecular flexibility index (Phi) is 10.6. The molecular weight excluding hydrogens is 240 g/mol. The minimum absolute atomic E-state index is 0.000203. The van der Waals surface area contributed by atoms with E-state index < -0.39 is 0 Å². The van der Waals surface area contributed by atoms with Gasteiger partial charge < -0.3 is 9.84 Å². The van der Waals surface area contributed by atoms with Crippen molar-refractivity contribution in [1.82, 2.24) is 0 Å². The van der Waals surface area contributed by atoms with E-state index in [0.717, 1.165) is 12.8 Å². The average Bonchev–Trinajstić information content (AvgIpc) is 2.42. The van der Waals surface area contributed by atoms with Gasteiger partial charge in [-0.05, 0) is 20.3 Å². The first kappa shape index (κ1) is 18.2. The lowest BCUT2D eigenvalue weighted by Crippen LogP contribution is -2.24. The Morgan fingerprint density at radius 1 is 1.26 bits per heavy atom. The normalized spacial score (nSPS) is 15.1. The summed E-state index contributed by atoms with van der Waals surface area (Å²) >= 11 is 0. The zero-order valence-corrected chi connectivity index (χ0v) is 12.9. The van der Waals surface area contributed by atoms with Crippen LogP contribution in [0.3, 0.4) is 0 Å². The maximum absolute atomic E-state index is 11.5. The van der Waals surface area contributed by atoms with Crippen molar-refractivity contribution >= 4 is 5.97 Å². The monoisotopic (exact) mass is 270 g/mol. The number of rotatable bonds is 10. The van der Waals surface area contributed by atoms with E-state index in [1.54, 1.807) is 13.0 Å². The molecule has 0 aliphatic heterocycles. The van der Waals surface area contributed by atoms with E-state index in [9.17, 15) is 9.90 Å². The van der Waals surface area contributed by atoms with Gasteiger partial charge in [0.1, 0.15) is 0 Å². The summed E-state index contributed by atoms with van der Waals surface area (Å²) in [5.74, 6) is -0.288. The topological polar surface area (TPSA) is 46.5 Å². The van der Waals surface area contributed by atoms with Crippen molar-refractivity contribution in [3.05, 3.63) is 11.6 Å². The fourth-order valence-electron chi connectivity index (χ4n) is 1.79. The molecule has 0 fully saturated rings. The highest BCUT2D eigenvalue weighted by Gasteiger charge is 2.16. The summed E-state index contributed by atoms with van der Waals surface area (Å²) in [6, 6.07) is 0. The molecule has 0 aromatic carbocycles. The van der Waals surface area contributed by atoms with E-state index in [2.05, 4.69) is 6.92 Å². The maximum Gasteiger partial charge on any atom is 0.333 e. The Bertz CT molecular complexity index is 271. The maximum atomic E-state index is 11.5. The lowest BCUT2D eigenvalue weighted by atomic mass is 9.99. The average molecular weight is 270 g/mol. The highest BCUT2D eigenvalue weighted by molar-refractivity contribution is 5.87. The molecule has 0 saturated heterocycles. The standard InChI is InChI=1S/C16H30O3/c1-5-7-8-9-10-11-15(17)14(4)12-19-16(18)13(3)6-2/h6,14-15,17H,5,7-12H2,1-4H3. The van der Waals surface area contributed by atoms with Gasteiger partial charge in [-0.1, -0.05) is 52.0 Å². The number of ether oxygens (including phenoxy) is 1. The number of carbonyl (C=O) groups is 1. The van der Waals surface area contributed by atoms with Gasteiger partial charge in [-0.2, -0.15) is 0 Å². The molecule has 0 rings (SSSR count). The third-order valence-corrected chi connectivity index (χ3v) is 3.49. The second kappa shape index (κ2) is 11.0. The summed E-state index contributed by atoms with van der Waals surface area (Å²) in [5, 5.41) is 9.98. The Labute approximate surface area is 118 Å². The molecule has 112 valence electrons. The number of unbranched alkanes of at least 4 members (excludes halogenated alkanes) is 4. The van der Waals surface area contributed by atoms with E-state index in [0.29, 0.717) is 12.2 Å². The first-order valence-electron chi connectivity index (χ1n) is 7.51. The minimum atomic E-state index is -0.375. The smallest absolute Gasteiger partial charge is 0.333 e. The van der Waals surface area contributed by atoms with Crippen LogP contribution < -0.4 is 0 Å². The van der Waals surface area contributed by atoms with Gasteiger partial charge in [0.2, 0.25) is 0 Å². The van der Waals surface area contributed by atoms with Crippen molar-refractivity contribution in [3.63, 3.8) is 0 Å². The molecule has 0 bridgehead atoms. The van der Waals surface area contributed by atoms with Gasteiger partial charge in [0.15, 0.2) is 0 Å². The molecular formula is C16H30O3. The fourth-order valence-corrected chi connectivity index (χ4v) is 1.79. The Balaban J connectivity index is 3.75. The van der Waals surface area contributed by atoms with Crippen molar-refractivity contribution in [1.29, 1.82) is 0 Å². The predicted molar refractivity (Wildman–Crippen MR) is 78.9 cm³/mol. The molecule has 2 unspecified atom stereocenters. The molecule has 0 aromatic rings. The Hall–Kier alpha value is -0.830. The molecule has 0 saturated carbocycles. The predicted octanol–water partition coefficient (Wildman–Crippen LogP) is 3.85. The van der Waals surface area contributed by atoms with Crippen LogP contribution in [-0.4, -0.2) is 23.8 Å². The summed E-state index contributed by atoms with van der Waals surface area (Å²) in [5.41, 5.74) is 0.612. The van der Waals surface area contributed by atoms with Gasteiger partial charge in [-0.15, -0.1) is 0 Å². The molecule has 19 heavy (non-hydrogen) atoms. The van der Waals surface area contributed by atoms with Crippen LogP contribution in [0.5, 0.6) is 0 Å². The Morgan fingerprint density at radius 2 is 1.89 bits per heavy atom. The van der Waals surface area contributed by atoms with Crippen LogP contribution in [0.1, 0.15) is 66.2 Å². The van der Waals surface area contributed by atoms with Crippen molar-refractivity contribution in [2.75, 3.05) is 6.61 Å². The highest BCUT2D eigenvalue weighted by atomic mass is 16.5. The number of carbonyl (C=O) groups excluding carboxylic acids is 1. The van der Waals surface area contributed by atoms with Crippen LogP contribution in [-0.2, 0) is 9.53 Å². The van der Waals surface area contributed by atoms with Crippen molar-refractivity contribution in [2.45, 2.75) is 72.3 Å². The van der Waals surface area contributed by atoms with Gasteiger partial charge in [-0.3, -0.25) is 0 Å². The van der Waals surface area contributed by atoms with Crippen molar-refractivity contribution in [3.8, 4) is 0 Å². The molecule has 1 N–H and O–H groups in total. The molecule has 0 aromatic heterocycles. The third-order valence-electron chi connectivity index (χ3n) is 3.49. The lowest BCUT2D eigenvalue weighted by Gasteiger charge is -2.18. The molecule has 0 aliphatic rings. The largest absolute Gasteiger partial charge is 0.462 e.